The number of alkyl halides is 3. The van der Waals surface area contributed by atoms with Gasteiger partial charge in [-0.05, 0) is 53.7 Å². The van der Waals surface area contributed by atoms with Crippen molar-refractivity contribution in [1.29, 1.82) is 0 Å². The van der Waals surface area contributed by atoms with Gasteiger partial charge in [-0.15, -0.1) is 0 Å². The van der Waals surface area contributed by atoms with Crippen LogP contribution in [-0.4, -0.2) is 13.9 Å². The maximum atomic E-state index is 12.5. The molecule has 0 heterocycles. The van der Waals surface area contributed by atoms with Gasteiger partial charge in [-0.25, -0.2) is 0 Å². The zero-order valence-corrected chi connectivity index (χ0v) is 14.7. The molecule has 0 bridgehead atoms. The van der Waals surface area contributed by atoms with Crippen molar-refractivity contribution in [3.05, 3.63) is 35.1 Å². The third kappa shape index (κ3) is 2.61. The third-order valence-electron chi connectivity index (χ3n) is 5.68. The van der Waals surface area contributed by atoms with E-state index in [1.165, 1.54) is 17.7 Å². The van der Waals surface area contributed by atoms with Gasteiger partial charge in [0.25, 0.3) is 0 Å². The molecule has 3 rings (SSSR count). The van der Waals surface area contributed by atoms with E-state index in [2.05, 4.69) is 25.0 Å². The monoisotopic (exact) mass is 362 g/mol. The Morgan fingerprint density at radius 2 is 1.83 bits per heavy atom. The van der Waals surface area contributed by atoms with Crippen molar-refractivity contribution in [2.45, 2.75) is 52.0 Å². The van der Waals surface area contributed by atoms with Gasteiger partial charge in [-0.2, -0.15) is 21.6 Å². The largest absolute Gasteiger partial charge is 0.534 e. The van der Waals surface area contributed by atoms with Crippen LogP contribution in [0.3, 0.4) is 0 Å². The highest BCUT2D eigenvalue weighted by Gasteiger charge is 2.52. The van der Waals surface area contributed by atoms with Gasteiger partial charge in [0, 0.05) is 0 Å². The number of fused-ring (bicyclic) bond motifs is 3. The average Bonchev–Trinajstić information content (AvgIpc) is 2.71. The molecule has 0 aromatic rings. The SMILES string of the molecule is CC1(C)CCC[C@]2(C)C1=CC1=CC(OS(=O)(=O)C(F)(F)F)=CCC12. The summed E-state index contributed by atoms with van der Waals surface area (Å²) in [5, 5.41) is 0. The zero-order chi connectivity index (χ0) is 18.0. The first-order valence-corrected chi connectivity index (χ1v) is 9.43. The van der Waals surface area contributed by atoms with E-state index in [4.69, 9.17) is 0 Å². The summed E-state index contributed by atoms with van der Waals surface area (Å²) in [4.78, 5) is 0. The summed E-state index contributed by atoms with van der Waals surface area (Å²) in [6.45, 7) is 6.58. The first-order valence-electron chi connectivity index (χ1n) is 8.02. The van der Waals surface area contributed by atoms with Crippen molar-refractivity contribution < 1.29 is 25.8 Å². The summed E-state index contributed by atoms with van der Waals surface area (Å²) in [5.41, 5.74) is -3.20. The van der Waals surface area contributed by atoms with Gasteiger partial charge in [0.05, 0.1) is 0 Å². The van der Waals surface area contributed by atoms with Gasteiger partial charge < -0.3 is 4.18 Å². The lowest BCUT2D eigenvalue weighted by Gasteiger charge is -2.46. The summed E-state index contributed by atoms with van der Waals surface area (Å²) in [5.74, 6) is -0.0662. The second-order valence-electron chi connectivity index (χ2n) is 7.74. The smallest absolute Gasteiger partial charge is 0.376 e. The van der Waals surface area contributed by atoms with Crippen LogP contribution in [0.15, 0.2) is 35.1 Å². The quantitative estimate of drug-likeness (QED) is 0.521. The molecule has 0 amide bonds. The van der Waals surface area contributed by atoms with Crippen LogP contribution in [0.4, 0.5) is 13.2 Å². The summed E-state index contributed by atoms with van der Waals surface area (Å²) in [6.07, 6.45) is 8.66. The summed E-state index contributed by atoms with van der Waals surface area (Å²) in [7, 11) is -5.62. The lowest BCUT2D eigenvalue weighted by Crippen LogP contribution is -2.36. The summed E-state index contributed by atoms with van der Waals surface area (Å²) in [6, 6.07) is 0. The van der Waals surface area contributed by atoms with Gasteiger partial charge in [-0.1, -0.05) is 38.8 Å². The fourth-order valence-corrected chi connectivity index (χ4v) is 4.99. The predicted octanol–water partition coefficient (Wildman–Crippen LogP) is 4.84. The Morgan fingerprint density at radius 3 is 2.46 bits per heavy atom. The van der Waals surface area contributed by atoms with Gasteiger partial charge in [0.1, 0.15) is 5.76 Å². The maximum absolute atomic E-state index is 12.5. The van der Waals surface area contributed by atoms with Crippen molar-refractivity contribution in [3.63, 3.8) is 0 Å². The molecule has 0 aromatic heterocycles. The van der Waals surface area contributed by atoms with Crippen LogP contribution in [0.1, 0.15) is 46.5 Å². The minimum absolute atomic E-state index is 0.0154. The van der Waals surface area contributed by atoms with E-state index in [1.54, 1.807) is 0 Å². The molecular formula is C17H21F3O3S. The minimum Gasteiger partial charge on any atom is -0.376 e. The van der Waals surface area contributed by atoms with Crippen molar-refractivity contribution >= 4 is 10.1 Å². The Hall–Kier alpha value is -1.24. The fraction of sp³-hybridized carbons (Fsp3) is 0.647. The molecule has 1 fully saturated rings. The topological polar surface area (TPSA) is 43.4 Å². The van der Waals surface area contributed by atoms with Crippen molar-refractivity contribution in [2.75, 3.05) is 0 Å². The highest BCUT2D eigenvalue weighted by Crippen LogP contribution is 2.61. The standard InChI is InChI=1S/C17H21F3O3S/c1-15(2)7-4-8-16(3)13-6-5-12(9-11(13)10-14(15)16)23-24(21,22)17(18,19)20/h5,9-10,13H,4,6-8H2,1-3H3/t13?,16-/m0/s1. The van der Waals surface area contributed by atoms with E-state index < -0.39 is 15.6 Å². The number of allylic oxidation sites excluding steroid dienone is 5. The molecule has 0 saturated heterocycles. The van der Waals surface area contributed by atoms with Crippen molar-refractivity contribution in [3.8, 4) is 0 Å². The first-order chi connectivity index (χ1) is 10.9. The Balaban J connectivity index is 1.92. The molecule has 0 spiro atoms. The molecule has 0 aliphatic heterocycles. The molecular weight excluding hydrogens is 341 g/mol. The number of halogens is 3. The van der Waals surface area contributed by atoms with Crippen LogP contribution in [0, 0.1) is 16.7 Å². The van der Waals surface area contributed by atoms with E-state index in [1.807, 2.05) is 6.08 Å². The second-order valence-corrected chi connectivity index (χ2v) is 9.27. The molecule has 3 aliphatic carbocycles. The molecule has 0 N–H and O–H groups in total. The van der Waals surface area contributed by atoms with Crippen LogP contribution in [0.2, 0.25) is 0 Å². The van der Waals surface area contributed by atoms with Crippen LogP contribution in [0.5, 0.6) is 0 Å². The third-order valence-corrected chi connectivity index (χ3v) is 6.66. The van der Waals surface area contributed by atoms with Gasteiger partial charge in [0.15, 0.2) is 0 Å². The van der Waals surface area contributed by atoms with Gasteiger partial charge >= 0.3 is 15.6 Å². The Morgan fingerprint density at radius 1 is 1.17 bits per heavy atom. The van der Waals surface area contributed by atoms with Crippen LogP contribution in [-0.2, 0) is 14.3 Å². The van der Waals surface area contributed by atoms with Crippen LogP contribution < -0.4 is 0 Å². The van der Waals surface area contributed by atoms with Gasteiger partial charge in [0.2, 0.25) is 0 Å². The maximum Gasteiger partial charge on any atom is 0.534 e. The van der Waals surface area contributed by atoms with Crippen LogP contribution in [0.25, 0.3) is 0 Å². The van der Waals surface area contributed by atoms with E-state index >= 15 is 0 Å². The summed E-state index contributed by atoms with van der Waals surface area (Å²) < 4.78 is 64.1. The molecule has 3 nitrogen and oxygen atoms in total. The Kier molecular flexibility index (Phi) is 3.76. The molecule has 1 unspecified atom stereocenters. The molecule has 0 aromatic carbocycles. The summed E-state index contributed by atoms with van der Waals surface area (Å²) >= 11 is 0. The average molecular weight is 362 g/mol. The first kappa shape index (κ1) is 17.6. The van der Waals surface area contributed by atoms with Gasteiger partial charge in [-0.3, -0.25) is 0 Å². The molecule has 0 radical (unpaired) electrons. The number of hydrogen-bond acceptors (Lipinski definition) is 3. The lowest BCUT2D eigenvalue weighted by atomic mass is 9.58. The fourth-order valence-electron chi connectivity index (χ4n) is 4.52. The predicted molar refractivity (Wildman–Crippen MR) is 84.2 cm³/mol. The second kappa shape index (κ2) is 5.13. The lowest BCUT2D eigenvalue weighted by molar-refractivity contribution is -0.0520. The highest BCUT2D eigenvalue weighted by atomic mass is 32.2. The molecule has 7 heteroatoms. The Bertz CT molecular complexity index is 756. The van der Waals surface area contributed by atoms with E-state index in [0.717, 1.165) is 24.8 Å². The highest BCUT2D eigenvalue weighted by molar-refractivity contribution is 7.87. The van der Waals surface area contributed by atoms with Crippen molar-refractivity contribution in [2.24, 2.45) is 16.7 Å². The van der Waals surface area contributed by atoms with E-state index in [9.17, 15) is 21.6 Å². The van der Waals surface area contributed by atoms with E-state index in [0.29, 0.717) is 6.42 Å². The molecule has 3 aliphatic rings. The molecule has 2 atom stereocenters. The van der Waals surface area contributed by atoms with Crippen LogP contribution >= 0.6 is 0 Å². The number of hydrogen-bond donors (Lipinski definition) is 0. The number of rotatable bonds is 2. The zero-order valence-electron chi connectivity index (χ0n) is 13.9. The van der Waals surface area contributed by atoms with Crippen molar-refractivity contribution in [1.82, 2.24) is 0 Å². The molecule has 1 saturated carbocycles. The van der Waals surface area contributed by atoms with E-state index in [-0.39, 0.29) is 22.5 Å². The Labute approximate surface area is 140 Å². The normalized spacial score (nSPS) is 32.2. The molecule has 134 valence electrons. The molecule has 24 heavy (non-hydrogen) atoms. The minimum atomic E-state index is -5.62.